The molecule has 0 unspecified atom stereocenters. The van der Waals surface area contributed by atoms with E-state index in [1.54, 1.807) is 6.92 Å². The molecule has 0 aliphatic heterocycles. The van der Waals surface area contributed by atoms with E-state index in [1.165, 1.54) is 18.4 Å². The molecule has 0 saturated carbocycles. The van der Waals surface area contributed by atoms with Crippen LogP contribution in [0.3, 0.4) is 0 Å². The lowest BCUT2D eigenvalue weighted by Gasteiger charge is -2.15. The molecule has 7 nitrogen and oxygen atoms in total. The van der Waals surface area contributed by atoms with E-state index in [0.29, 0.717) is 0 Å². The Morgan fingerprint density at radius 1 is 1.50 bits per heavy atom. The van der Waals surface area contributed by atoms with Crippen molar-refractivity contribution in [3.05, 3.63) is 10.6 Å². The van der Waals surface area contributed by atoms with Gasteiger partial charge in [-0.05, 0) is 13.8 Å². The number of rotatable bonds is 6. The first-order valence-corrected chi connectivity index (χ1v) is 7.38. The number of thiazole rings is 1. The molecule has 0 aliphatic carbocycles. The van der Waals surface area contributed by atoms with Crippen LogP contribution in [-0.4, -0.2) is 42.4 Å². The molecule has 102 valence electrons. The molecule has 0 bridgehead atoms. The summed E-state index contributed by atoms with van der Waals surface area (Å²) in [5.74, 6) is -1.04. The zero-order valence-corrected chi connectivity index (χ0v) is 11.9. The molecule has 0 atom stereocenters. The van der Waals surface area contributed by atoms with Crippen molar-refractivity contribution in [1.29, 1.82) is 0 Å². The fourth-order valence-electron chi connectivity index (χ4n) is 1.08. The number of anilines is 1. The van der Waals surface area contributed by atoms with Gasteiger partial charge in [-0.3, -0.25) is 4.79 Å². The number of hydrogen-bond donors (Lipinski definition) is 2. The minimum Gasteiger partial charge on any atom is -0.481 e. The van der Waals surface area contributed by atoms with Crippen molar-refractivity contribution in [1.82, 2.24) is 9.29 Å². The fourth-order valence-corrected chi connectivity index (χ4v) is 2.98. The molecule has 0 radical (unpaired) electrons. The van der Waals surface area contributed by atoms with Crippen molar-refractivity contribution in [2.24, 2.45) is 0 Å². The van der Waals surface area contributed by atoms with Gasteiger partial charge in [0, 0.05) is 18.5 Å². The number of aromatic nitrogens is 1. The lowest BCUT2D eigenvalue weighted by molar-refractivity contribution is -0.137. The summed E-state index contributed by atoms with van der Waals surface area (Å²) in [4.78, 5) is 15.4. The third-order valence-electron chi connectivity index (χ3n) is 2.30. The van der Waals surface area contributed by atoms with Crippen LogP contribution in [0.2, 0.25) is 0 Å². The van der Waals surface area contributed by atoms with Crippen molar-refractivity contribution in [2.75, 3.05) is 18.3 Å². The second-order valence-electron chi connectivity index (χ2n) is 3.73. The summed E-state index contributed by atoms with van der Waals surface area (Å²) in [6.45, 7) is 3.55. The molecule has 0 aliphatic rings. The van der Waals surface area contributed by atoms with Crippen LogP contribution in [0.15, 0.2) is 0 Å². The first kappa shape index (κ1) is 14.9. The molecule has 1 heterocycles. The van der Waals surface area contributed by atoms with E-state index in [2.05, 4.69) is 9.71 Å². The molecule has 1 aromatic heterocycles. The number of hydrogen-bond acceptors (Lipinski definition) is 5. The summed E-state index contributed by atoms with van der Waals surface area (Å²) in [6.07, 6.45) is -0.243. The van der Waals surface area contributed by atoms with Crippen molar-refractivity contribution in [3.8, 4) is 0 Å². The Hall–Kier alpha value is -1.19. The summed E-state index contributed by atoms with van der Waals surface area (Å²) in [7, 11) is -2.43. The van der Waals surface area contributed by atoms with E-state index in [4.69, 9.17) is 5.11 Å². The third kappa shape index (κ3) is 3.93. The maximum Gasteiger partial charge on any atom is 0.304 e. The lowest BCUT2D eigenvalue weighted by Crippen LogP contribution is -2.34. The van der Waals surface area contributed by atoms with Crippen LogP contribution >= 0.6 is 11.3 Å². The fraction of sp³-hybridized carbons (Fsp3) is 0.556. The Bertz CT molecular complexity index is 519. The lowest BCUT2D eigenvalue weighted by atomic mass is 10.4. The SMILES string of the molecule is Cc1nc(NS(=O)(=O)N(C)CCC(=O)O)sc1C. The molecule has 2 N–H and O–H groups in total. The summed E-state index contributed by atoms with van der Waals surface area (Å²) in [6, 6.07) is 0. The highest BCUT2D eigenvalue weighted by atomic mass is 32.2. The van der Waals surface area contributed by atoms with Gasteiger partial charge in [-0.25, -0.2) is 9.71 Å². The van der Waals surface area contributed by atoms with E-state index in [9.17, 15) is 13.2 Å². The van der Waals surface area contributed by atoms with Crippen LogP contribution in [0, 0.1) is 13.8 Å². The van der Waals surface area contributed by atoms with Crippen LogP contribution < -0.4 is 4.72 Å². The highest BCUT2D eigenvalue weighted by Crippen LogP contribution is 2.22. The summed E-state index contributed by atoms with van der Waals surface area (Å²) >= 11 is 1.24. The van der Waals surface area contributed by atoms with Crippen molar-refractivity contribution in [2.45, 2.75) is 20.3 Å². The predicted octanol–water partition coefficient (Wildman–Crippen LogP) is 0.823. The molecule has 0 spiro atoms. The van der Waals surface area contributed by atoms with Gasteiger partial charge in [0.15, 0.2) is 5.13 Å². The minimum absolute atomic E-state index is 0.0893. The van der Waals surface area contributed by atoms with Crippen molar-refractivity contribution in [3.63, 3.8) is 0 Å². The molecule has 0 saturated heterocycles. The van der Waals surface area contributed by atoms with E-state index in [1.807, 2.05) is 6.92 Å². The number of nitrogens with zero attached hydrogens (tertiary/aromatic N) is 2. The summed E-state index contributed by atoms with van der Waals surface area (Å²) in [5, 5.41) is 8.79. The average Bonchev–Trinajstić information content (AvgIpc) is 2.53. The average molecular weight is 293 g/mol. The molecular weight excluding hydrogens is 278 g/mol. The topological polar surface area (TPSA) is 99.6 Å². The first-order chi connectivity index (χ1) is 8.22. The van der Waals surface area contributed by atoms with Gasteiger partial charge >= 0.3 is 16.2 Å². The molecule has 1 aromatic rings. The van der Waals surface area contributed by atoms with Crippen LogP contribution in [0.5, 0.6) is 0 Å². The molecule has 9 heteroatoms. The Balaban J connectivity index is 2.72. The van der Waals surface area contributed by atoms with Gasteiger partial charge in [0.25, 0.3) is 0 Å². The van der Waals surface area contributed by atoms with E-state index >= 15 is 0 Å². The number of aliphatic carboxylic acids is 1. The first-order valence-electron chi connectivity index (χ1n) is 5.12. The van der Waals surface area contributed by atoms with Crippen molar-refractivity contribution >= 4 is 32.6 Å². The monoisotopic (exact) mass is 293 g/mol. The summed E-state index contributed by atoms with van der Waals surface area (Å²) in [5.41, 5.74) is 0.769. The van der Waals surface area contributed by atoms with Gasteiger partial charge in [-0.1, -0.05) is 0 Å². The largest absolute Gasteiger partial charge is 0.481 e. The maximum absolute atomic E-state index is 11.8. The van der Waals surface area contributed by atoms with Gasteiger partial charge in [-0.15, -0.1) is 11.3 Å². The zero-order valence-electron chi connectivity index (χ0n) is 10.3. The Kier molecular flexibility index (Phi) is 4.65. The number of carboxylic acids is 1. The van der Waals surface area contributed by atoms with Crippen LogP contribution in [-0.2, 0) is 15.0 Å². The highest BCUT2D eigenvalue weighted by molar-refractivity contribution is 7.90. The number of nitrogens with one attached hydrogen (secondary N) is 1. The number of carbonyl (C=O) groups is 1. The quantitative estimate of drug-likeness (QED) is 0.809. The molecule has 0 amide bonds. The highest BCUT2D eigenvalue weighted by Gasteiger charge is 2.20. The Labute approximate surface area is 110 Å². The van der Waals surface area contributed by atoms with Gasteiger partial charge < -0.3 is 5.11 Å². The molecule has 18 heavy (non-hydrogen) atoms. The minimum atomic E-state index is -3.74. The second kappa shape index (κ2) is 5.63. The number of aryl methyl sites for hydroxylation is 2. The van der Waals surface area contributed by atoms with E-state index in [0.717, 1.165) is 14.9 Å². The van der Waals surface area contributed by atoms with Gasteiger partial charge in [0.05, 0.1) is 12.1 Å². The Morgan fingerprint density at radius 2 is 2.11 bits per heavy atom. The smallest absolute Gasteiger partial charge is 0.304 e. The van der Waals surface area contributed by atoms with Crippen LogP contribution in [0.4, 0.5) is 5.13 Å². The molecule has 1 rings (SSSR count). The molecule has 0 fully saturated rings. The number of carboxylic acid groups (broad SMARTS) is 1. The Morgan fingerprint density at radius 3 is 2.56 bits per heavy atom. The van der Waals surface area contributed by atoms with Gasteiger partial charge in [-0.2, -0.15) is 12.7 Å². The molecule has 0 aromatic carbocycles. The summed E-state index contributed by atoms with van der Waals surface area (Å²) < 4.78 is 26.9. The normalized spacial score (nSPS) is 11.8. The van der Waals surface area contributed by atoms with E-state index in [-0.39, 0.29) is 18.1 Å². The zero-order chi connectivity index (χ0) is 13.9. The van der Waals surface area contributed by atoms with Crippen LogP contribution in [0.1, 0.15) is 17.0 Å². The maximum atomic E-state index is 11.8. The molecular formula is C9H15N3O4S2. The second-order valence-corrected chi connectivity index (χ2v) is 6.71. The van der Waals surface area contributed by atoms with Gasteiger partial charge in [0.2, 0.25) is 0 Å². The van der Waals surface area contributed by atoms with E-state index < -0.39 is 16.2 Å². The third-order valence-corrected chi connectivity index (χ3v) is 4.87. The van der Waals surface area contributed by atoms with Gasteiger partial charge in [0.1, 0.15) is 0 Å². The standard InChI is InChI=1S/C9H15N3O4S2/c1-6-7(2)17-9(10-6)11-18(15,16)12(3)5-4-8(13)14/h4-5H2,1-3H3,(H,10,11)(H,13,14). The van der Waals surface area contributed by atoms with Crippen molar-refractivity contribution < 1.29 is 18.3 Å². The van der Waals surface area contributed by atoms with Crippen LogP contribution in [0.25, 0.3) is 0 Å². The predicted molar refractivity (Wildman–Crippen MR) is 69.0 cm³/mol.